The van der Waals surface area contributed by atoms with Gasteiger partial charge in [-0.15, -0.1) is 0 Å². The van der Waals surface area contributed by atoms with Crippen LogP contribution in [0.5, 0.6) is 0 Å². The summed E-state index contributed by atoms with van der Waals surface area (Å²) < 4.78 is 4.58. The minimum Gasteiger partial charge on any atom is -0.465 e. The highest BCUT2D eigenvalue weighted by atomic mass is 16.6. The number of nitrogens with zero attached hydrogens (tertiary/aromatic N) is 2. The van der Waals surface area contributed by atoms with E-state index in [0.29, 0.717) is 11.3 Å². The average molecular weight is 283 g/mol. The van der Waals surface area contributed by atoms with E-state index < -0.39 is 10.9 Å². The first-order chi connectivity index (χ1) is 10.0. The van der Waals surface area contributed by atoms with Crippen LogP contribution < -0.4 is 10.9 Å². The molecule has 0 spiro atoms. The third-order valence-electron chi connectivity index (χ3n) is 2.66. The van der Waals surface area contributed by atoms with Gasteiger partial charge in [0.2, 0.25) is 5.82 Å². The number of aromatic nitrogens is 1. The summed E-state index contributed by atoms with van der Waals surface area (Å²) in [6.45, 7) is 0. The zero-order valence-electron chi connectivity index (χ0n) is 11.1. The highest BCUT2D eigenvalue weighted by Crippen LogP contribution is 2.24. The zero-order chi connectivity index (χ0) is 15.4. The van der Waals surface area contributed by atoms with E-state index >= 15 is 0 Å². The molecule has 0 fully saturated rings. The van der Waals surface area contributed by atoms with Crippen LogP contribution in [0.15, 0.2) is 36.4 Å². The SMILES string of the molecule is [B]c1ccc([N+](=O)[O-])c(Nc2ccc(C(=O)OC)cc2)n1. The van der Waals surface area contributed by atoms with Crippen LogP contribution >= 0.6 is 0 Å². The fraction of sp³-hybridized carbons (Fsp3) is 0.0769. The number of ether oxygens (including phenoxy) is 1. The number of carbonyl (C=O) groups excluding carboxylic acids is 1. The smallest absolute Gasteiger partial charge is 0.337 e. The third-order valence-corrected chi connectivity index (χ3v) is 2.66. The van der Waals surface area contributed by atoms with Gasteiger partial charge >= 0.3 is 11.7 Å². The lowest BCUT2D eigenvalue weighted by molar-refractivity contribution is -0.384. The summed E-state index contributed by atoms with van der Waals surface area (Å²) in [5.74, 6) is -0.430. The van der Waals surface area contributed by atoms with Crippen LogP contribution in [-0.2, 0) is 4.74 Å². The molecular formula is C13H10BN3O4. The van der Waals surface area contributed by atoms with Crippen LogP contribution in [0.3, 0.4) is 0 Å². The molecule has 0 aliphatic rings. The monoisotopic (exact) mass is 283 g/mol. The first-order valence-corrected chi connectivity index (χ1v) is 5.87. The van der Waals surface area contributed by atoms with Crippen LogP contribution in [0.4, 0.5) is 17.2 Å². The standard InChI is InChI=1S/C13H10BN3O4/c1-21-13(18)8-2-4-9(5-3-8)15-12-10(17(19)20)6-7-11(14)16-12/h2-7H,1H3,(H,15,16). The minimum absolute atomic E-state index is 0.0332. The number of hydrogen-bond acceptors (Lipinski definition) is 6. The highest BCUT2D eigenvalue weighted by molar-refractivity contribution is 6.30. The largest absolute Gasteiger partial charge is 0.465 e. The number of pyridine rings is 1. The predicted octanol–water partition coefficient (Wildman–Crippen LogP) is 1.31. The van der Waals surface area contributed by atoms with Crippen molar-refractivity contribution in [3.63, 3.8) is 0 Å². The number of nitro groups is 1. The molecule has 104 valence electrons. The van der Waals surface area contributed by atoms with Crippen LogP contribution in [0, 0.1) is 10.1 Å². The summed E-state index contributed by atoms with van der Waals surface area (Å²) in [6, 6.07) is 8.86. The average Bonchev–Trinajstić information content (AvgIpc) is 2.47. The van der Waals surface area contributed by atoms with Gasteiger partial charge in [0.25, 0.3) is 0 Å². The van der Waals surface area contributed by atoms with Gasteiger partial charge in [-0.2, -0.15) is 0 Å². The number of esters is 1. The Bertz CT molecular complexity index is 688. The Morgan fingerprint density at radius 2 is 1.95 bits per heavy atom. The molecule has 0 bridgehead atoms. The number of rotatable bonds is 4. The molecule has 0 aliphatic heterocycles. The lowest BCUT2D eigenvalue weighted by atomic mass is 10.0. The maximum Gasteiger partial charge on any atom is 0.337 e. The molecule has 0 saturated carbocycles. The second-order valence-electron chi connectivity index (χ2n) is 4.05. The first kappa shape index (κ1) is 14.5. The highest BCUT2D eigenvalue weighted by Gasteiger charge is 2.15. The molecule has 0 saturated heterocycles. The van der Waals surface area contributed by atoms with Crippen LogP contribution in [0.1, 0.15) is 10.4 Å². The summed E-state index contributed by atoms with van der Waals surface area (Å²) in [7, 11) is 6.81. The Morgan fingerprint density at radius 1 is 1.29 bits per heavy atom. The molecule has 1 aromatic heterocycles. The molecule has 0 unspecified atom stereocenters. The second-order valence-corrected chi connectivity index (χ2v) is 4.05. The van der Waals surface area contributed by atoms with Crippen LogP contribution in [0.25, 0.3) is 0 Å². The summed E-state index contributed by atoms with van der Waals surface area (Å²) in [6.07, 6.45) is 0. The number of methoxy groups -OCH3 is 1. The van der Waals surface area contributed by atoms with Crippen molar-refractivity contribution in [2.45, 2.75) is 0 Å². The molecular weight excluding hydrogens is 273 g/mol. The molecule has 1 N–H and O–H groups in total. The van der Waals surface area contributed by atoms with E-state index in [1.54, 1.807) is 12.1 Å². The van der Waals surface area contributed by atoms with Gasteiger partial charge in [-0.1, -0.05) is 0 Å². The van der Waals surface area contributed by atoms with Crippen molar-refractivity contribution in [2.24, 2.45) is 0 Å². The molecule has 1 heterocycles. The summed E-state index contributed by atoms with van der Waals surface area (Å²) >= 11 is 0. The van der Waals surface area contributed by atoms with E-state index in [-0.39, 0.29) is 17.1 Å². The fourth-order valence-corrected chi connectivity index (χ4v) is 1.65. The van der Waals surface area contributed by atoms with Gasteiger partial charge in [-0.05, 0) is 35.9 Å². The van der Waals surface area contributed by atoms with Gasteiger partial charge in [-0.25, -0.2) is 9.78 Å². The van der Waals surface area contributed by atoms with Crippen molar-refractivity contribution in [1.29, 1.82) is 0 Å². The van der Waals surface area contributed by atoms with Crippen LogP contribution in [0.2, 0.25) is 0 Å². The maximum atomic E-state index is 11.3. The van der Waals surface area contributed by atoms with Crippen molar-refractivity contribution < 1.29 is 14.5 Å². The fourth-order valence-electron chi connectivity index (χ4n) is 1.65. The molecule has 0 atom stereocenters. The maximum absolute atomic E-state index is 11.3. The van der Waals surface area contributed by atoms with Crippen molar-refractivity contribution in [3.8, 4) is 0 Å². The molecule has 1 aromatic carbocycles. The van der Waals surface area contributed by atoms with E-state index in [4.69, 9.17) is 7.85 Å². The third kappa shape index (κ3) is 3.36. The van der Waals surface area contributed by atoms with Crippen LogP contribution in [-0.4, -0.2) is 30.8 Å². The van der Waals surface area contributed by atoms with E-state index in [1.165, 1.54) is 31.4 Å². The van der Waals surface area contributed by atoms with E-state index in [9.17, 15) is 14.9 Å². The minimum atomic E-state index is -0.558. The van der Waals surface area contributed by atoms with Gasteiger partial charge < -0.3 is 10.1 Å². The Hall–Kier alpha value is -2.90. The molecule has 7 nitrogen and oxygen atoms in total. The van der Waals surface area contributed by atoms with E-state index in [0.717, 1.165) is 0 Å². The molecule has 0 amide bonds. The van der Waals surface area contributed by atoms with Crippen molar-refractivity contribution in [2.75, 3.05) is 12.4 Å². The number of nitrogens with one attached hydrogen (secondary N) is 1. The molecule has 2 aromatic rings. The van der Waals surface area contributed by atoms with Gasteiger partial charge in [-0.3, -0.25) is 10.1 Å². The Kier molecular flexibility index (Phi) is 4.17. The predicted molar refractivity (Wildman–Crippen MR) is 77.3 cm³/mol. The Labute approximate surface area is 121 Å². The van der Waals surface area contributed by atoms with Crippen molar-refractivity contribution in [1.82, 2.24) is 4.98 Å². The van der Waals surface area contributed by atoms with Crippen molar-refractivity contribution in [3.05, 3.63) is 52.1 Å². The van der Waals surface area contributed by atoms with Crippen molar-refractivity contribution >= 4 is 36.6 Å². The lowest BCUT2D eigenvalue weighted by Crippen LogP contribution is -2.11. The second kappa shape index (κ2) is 6.04. The number of hydrogen-bond donors (Lipinski definition) is 1. The Balaban J connectivity index is 2.28. The molecule has 21 heavy (non-hydrogen) atoms. The van der Waals surface area contributed by atoms with Gasteiger partial charge in [0.1, 0.15) is 7.85 Å². The summed E-state index contributed by atoms with van der Waals surface area (Å²) in [5.41, 5.74) is 0.873. The molecule has 2 radical (unpaired) electrons. The van der Waals surface area contributed by atoms with Gasteiger partial charge in [0.15, 0.2) is 0 Å². The van der Waals surface area contributed by atoms with Gasteiger partial charge in [0.05, 0.1) is 17.6 Å². The topological polar surface area (TPSA) is 94.4 Å². The first-order valence-electron chi connectivity index (χ1n) is 5.87. The number of anilines is 2. The summed E-state index contributed by atoms with van der Waals surface area (Å²) in [5, 5.41) is 13.7. The molecule has 8 heteroatoms. The zero-order valence-corrected chi connectivity index (χ0v) is 11.1. The lowest BCUT2D eigenvalue weighted by Gasteiger charge is -2.07. The normalized spacial score (nSPS) is 9.95. The number of carbonyl (C=O) groups is 1. The quantitative estimate of drug-likeness (QED) is 0.393. The van der Waals surface area contributed by atoms with E-state index in [1.807, 2.05) is 0 Å². The molecule has 0 aliphatic carbocycles. The Morgan fingerprint density at radius 3 is 2.52 bits per heavy atom. The van der Waals surface area contributed by atoms with E-state index in [2.05, 4.69) is 15.0 Å². The molecule has 2 rings (SSSR count). The summed E-state index contributed by atoms with van der Waals surface area (Å²) in [4.78, 5) is 25.6. The van der Waals surface area contributed by atoms with Gasteiger partial charge in [0, 0.05) is 11.8 Å². The number of benzene rings is 1.